The van der Waals surface area contributed by atoms with E-state index >= 15 is 0 Å². The zero-order valence-electron chi connectivity index (χ0n) is 10.4. The summed E-state index contributed by atoms with van der Waals surface area (Å²) in [5.41, 5.74) is 0. The van der Waals surface area contributed by atoms with Crippen molar-refractivity contribution in [1.82, 2.24) is 0 Å². The van der Waals surface area contributed by atoms with E-state index < -0.39 is 16.8 Å². The Kier molecular flexibility index (Phi) is 4.22. The Balaban J connectivity index is 2.07. The minimum Gasteiger partial charge on any atom is -0.475 e. The Morgan fingerprint density at radius 1 is 1.50 bits per heavy atom. The van der Waals surface area contributed by atoms with Gasteiger partial charge < -0.3 is 9.52 Å². The largest absolute Gasteiger partial charge is 0.475 e. The van der Waals surface area contributed by atoms with Crippen LogP contribution >= 0.6 is 0 Å². The summed E-state index contributed by atoms with van der Waals surface area (Å²) in [5, 5.41) is 9.19. The molecule has 3 unspecified atom stereocenters. The fraction of sp³-hybridized carbons (Fsp3) is 0.615. The number of carboxylic acids is 1. The molecule has 1 fully saturated rings. The van der Waals surface area contributed by atoms with Gasteiger partial charge >= 0.3 is 5.97 Å². The van der Waals surface area contributed by atoms with Crippen LogP contribution in [0.15, 0.2) is 21.6 Å². The SMILES string of the molecule is CCC1CCCC(S(=O)c2ccc(C(=O)O)o2)C1. The monoisotopic (exact) mass is 270 g/mol. The third-order valence-corrected chi connectivity index (χ3v) is 5.25. The normalized spacial score (nSPS) is 25.8. The maximum absolute atomic E-state index is 12.3. The summed E-state index contributed by atoms with van der Waals surface area (Å²) in [4.78, 5) is 10.7. The topological polar surface area (TPSA) is 67.5 Å². The first kappa shape index (κ1) is 13.3. The third kappa shape index (κ3) is 2.83. The molecule has 1 aromatic heterocycles. The summed E-state index contributed by atoms with van der Waals surface area (Å²) < 4.78 is 17.5. The molecule has 0 radical (unpaired) electrons. The number of hydrogen-bond donors (Lipinski definition) is 1. The highest BCUT2D eigenvalue weighted by Crippen LogP contribution is 2.32. The van der Waals surface area contributed by atoms with Crippen LogP contribution in [0, 0.1) is 5.92 Å². The van der Waals surface area contributed by atoms with Crippen molar-refractivity contribution in [2.75, 3.05) is 0 Å². The quantitative estimate of drug-likeness (QED) is 0.913. The van der Waals surface area contributed by atoms with E-state index in [1.165, 1.54) is 18.6 Å². The molecule has 0 aromatic carbocycles. The van der Waals surface area contributed by atoms with Gasteiger partial charge in [0, 0.05) is 5.25 Å². The summed E-state index contributed by atoms with van der Waals surface area (Å²) in [6, 6.07) is 2.89. The number of carbonyl (C=O) groups is 1. The first-order chi connectivity index (χ1) is 8.61. The van der Waals surface area contributed by atoms with Crippen LogP contribution in [0.1, 0.15) is 49.6 Å². The maximum atomic E-state index is 12.3. The molecule has 4 nitrogen and oxygen atoms in total. The maximum Gasteiger partial charge on any atom is 0.371 e. The van der Waals surface area contributed by atoms with Gasteiger partial charge in [0.05, 0.1) is 10.8 Å². The third-order valence-electron chi connectivity index (χ3n) is 3.61. The highest BCUT2D eigenvalue weighted by Gasteiger charge is 2.28. The van der Waals surface area contributed by atoms with Crippen molar-refractivity contribution < 1.29 is 18.5 Å². The van der Waals surface area contributed by atoms with Crippen molar-refractivity contribution in [1.29, 1.82) is 0 Å². The van der Waals surface area contributed by atoms with Gasteiger partial charge in [-0.1, -0.05) is 26.2 Å². The lowest BCUT2D eigenvalue weighted by atomic mass is 9.87. The minimum atomic E-state index is -1.22. The second-order valence-electron chi connectivity index (χ2n) is 4.78. The molecule has 1 saturated carbocycles. The van der Waals surface area contributed by atoms with Crippen molar-refractivity contribution in [3.63, 3.8) is 0 Å². The Morgan fingerprint density at radius 3 is 2.89 bits per heavy atom. The average Bonchev–Trinajstić information content (AvgIpc) is 2.87. The second-order valence-corrected chi connectivity index (χ2v) is 6.45. The highest BCUT2D eigenvalue weighted by atomic mass is 32.2. The molecule has 0 saturated heterocycles. The molecule has 100 valence electrons. The molecule has 18 heavy (non-hydrogen) atoms. The number of rotatable bonds is 4. The van der Waals surface area contributed by atoms with Crippen molar-refractivity contribution in [2.24, 2.45) is 5.92 Å². The standard InChI is InChI=1S/C13H18O4S/c1-2-9-4-3-5-10(8-9)18(16)12-7-6-11(17-12)13(14)15/h6-7,9-10H,2-5,8H2,1H3,(H,14,15). The molecule has 0 amide bonds. The number of furan rings is 1. The van der Waals surface area contributed by atoms with E-state index in [0.29, 0.717) is 11.0 Å². The molecule has 1 heterocycles. The Morgan fingerprint density at radius 2 is 2.28 bits per heavy atom. The van der Waals surface area contributed by atoms with Crippen LogP contribution in [0.25, 0.3) is 0 Å². The van der Waals surface area contributed by atoms with Crippen LogP contribution in [0.3, 0.4) is 0 Å². The van der Waals surface area contributed by atoms with E-state index in [9.17, 15) is 9.00 Å². The van der Waals surface area contributed by atoms with Gasteiger partial charge in [-0.2, -0.15) is 0 Å². The fourth-order valence-electron chi connectivity index (χ4n) is 2.51. The molecular formula is C13H18O4S. The zero-order chi connectivity index (χ0) is 13.1. The number of carboxylic acid groups (broad SMARTS) is 1. The minimum absolute atomic E-state index is 0.108. The number of aromatic carboxylic acids is 1. The molecular weight excluding hydrogens is 252 g/mol. The zero-order valence-corrected chi connectivity index (χ0v) is 11.2. The van der Waals surface area contributed by atoms with E-state index in [4.69, 9.17) is 9.52 Å². The van der Waals surface area contributed by atoms with Crippen LogP contribution in [0.5, 0.6) is 0 Å². The van der Waals surface area contributed by atoms with Gasteiger partial charge in [-0.05, 0) is 30.9 Å². The van der Waals surface area contributed by atoms with Crippen molar-refractivity contribution in [3.8, 4) is 0 Å². The number of hydrogen-bond acceptors (Lipinski definition) is 3. The van der Waals surface area contributed by atoms with Crippen LogP contribution < -0.4 is 0 Å². The van der Waals surface area contributed by atoms with Crippen LogP contribution in [-0.2, 0) is 10.8 Å². The van der Waals surface area contributed by atoms with E-state index in [1.54, 1.807) is 0 Å². The second kappa shape index (κ2) is 5.69. The lowest BCUT2D eigenvalue weighted by Crippen LogP contribution is -2.24. The first-order valence-corrected chi connectivity index (χ1v) is 7.56. The van der Waals surface area contributed by atoms with Gasteiger partial charge in [-0.25, -0.2) is 4.79 Å². The van der Waals surface area contributed by atoms with Crippen LogP contribution in [0.4, 0.5) is 0 Å². The van der Waals surface area contributed by atoms with E-state index in [0.717, 1.165) is 25.7 Å². The Labute approximate surface area is 109 Å². The van der Waals surface area contributed by atoms with Crippen LogP contribution in [0.2, 0.25) is 0 Å². The summed E-state index contributed by atoms with van der Waals surface area (Å²) in [6.07, 6.45) is 5.31. The molecule has 1 aliphatic carbocycles. The molecule has 2 rings (SSSR count). The average molecular weight is 270 g/mol. The molecule has 0 aliphatic heterocycles. The van der Waals surface area contributed by atoms with Gasteiger partial charge in [0.25, 0.3) is 0 Å². The summed E-state index contributed by atoms with van der Waals surface area (Å²) in [5.74, 6) is -0.615. The smallest absolute Gasteiger partial charge is 0.371 e. The van der Waals surface area contributed by atoms with Gasteiger partial charge in [-0.15, -0.1) is 0 Å². The highest BCUT2D eigenvalue weighted by molar-refractivity contribution is 7.85. The van der Waals surface area contributed by atoms with Gasteiger partial charge in [0.15, 0.2) is 5.09 Å². The van der Waals surface area contributed by atoms with Crippen molar-refractivity contribution in [2.45, 2.75) is 49.4 Å². The Hall–Kier alpha value is -1.10. The fourth-order valence-corrected chi connectivity index (χ4v) is 4.04. The summed E-state index contributed by atoms with van der Waals surface area (Å²) >= 11 is 0. The lowest BCUT2D eigenvalue weighted by molar-refractivity contribution is 0.0656. The van der Waals surface area contributed by atoms with Gasteiger partial charge in [0.1, 0.15) is 0 Å². The molecule has 0 spiro atoms. The molecule has 0 bridgehead atoms. The Bertz CT molecular complexity index is 452. The van der Waals surface area contributed by atoms with E-state index in [2.05, 4.69) is 6.92 Å². The van der Waals surface area contributed by atoms with Crippen molar-refractivity contribution >= 4 is 16.8 Å². The van der Waals surface area contributed by atoms with Gasteiger partial charge in [0.2, 0.25) is 5.76 Å². The summed E-state index contributed by atoms with van der Waals surface area (Å²) in [7, 11) is -1.22. The van der Waals surface area contributed by atoms with E-state index in [1.807, 2.05) is 0 Å². The van der Waals surface area contributed by atoms with Crippen LogP contribution in [-0.4, -0.2) is 20.5 Å². The molecule has 5 heteroatoms. The predicted molar refractivity (Wildman–Crippen MR) is 68.1 cm³/mol. The molecule has 3 atom stereocenters. The summed E-state index contributed by atoms with van der Waals surface area (Å²) in [6.45, 7) is 2.16. The van der Waals surface area contributed by atoms with Gasteiger partial charge in [-0.3, -0.25) is 4.21 Å². The predicted octanol–water partition coefficient (Wildman–Crippen LogP) is 3.05. The first-order valence-electron chi connectivity index (χ1n) is 6.35. The molecule has 1 N–H and O–H groups in total. The molecule has 1 aromatic rings. The van der Waals surface area contributed by atoms with E-state index in [-0.39, 0.29) is 11.0 Å². The lowest BCUT2D eigenvalue weighted by Gasteiger charge is -2.26. The molecule has 1 aliphatic rings. The van der Waals surface area contributed by atoms with Crippen molar-refractivity contribution in [3.05, 3.63) is 17.9 Å².